The van der Waals surface area contributed by atoms with Crippen molar-refractivity contribution in [2.75, 3.05) is 13.1 Å². The van der Waals surface area contributed by atoms with Crippen molar-refractivity contribution in [3.05, 3.63) is 34.7 Å². The quantitative estimate of drug-likeness (QED) is 0.799. The molecule has 1 fully saturated rings. The monoisotopic (exact) mass is 301 g/mol. The van der Waals surface area contributed by atoms with Gasteiger partial charge in [-0.05, 0) is 38.8 Å². The number of aliphatic hydroxyl groups excluding tert-OH is 1. The summed E-state index contributed by atoms with van der Waals surface area (Å²) < 4.78 is 5.42. The van der Waals surface area contributed by atoms with Gasteiger partial charge in [0.1, 0.15) is 11.4 Å². The highest BCUT2D eigenvalue weighted by atomic mass is 16.6. The lowest BCUT2D eigenvalue weighted by Gasteiger charge is -2.38. The molecule has 3 rings (SSSR count). The molecule has 0 unspecified atom stereocenters. The zero-order valence-electron chi connectivity index (χ0n) is 13.4. The Morgan fingerprint density at radius 1 is 1.23 bits per heavy atom. The van der Waals surface area contributed by atoms with E-state index in [2.05, 4.69) is 6.08 Å². The van der Waals surface area contributed by atoms with Crippen LogP contribution in [-0.4, -0.2) is 34.8 Å². The number of ether oxygens (including phenoxy) is 1. The first-order chi connectivity index (χ1) is 10.3. The summed E-state index contributed by atoms with van der Waals surface area (Å²) in [7, 11) is 0. The first-order valence-electron chi connectivity index (χ1n) is 7.80. The molecule has 1 spiro atoms. The molecule has 0 atom stereocenters. The van der Waals surface area contributed by atoms with E-state index in [0.717, 1.165) is 23.3 Å². The highest BCUT2D eigenvalue weighted by Gasteiger charge is 2.40. The number of piperidine rings is 1. The number of rotatable bonds is 0. The lowest BCUT2D eigenvalue weighted by atomic mass is 9.78. The number of amides is 1. The molecule has 0 aromatic heterocycles. The Hall–Kier alpha value is -1.97. The third kappa shape index (κ3) is 2.58. The first-order valence-corrected chi connectivity index (χ1v) is 7.80. The maximum absolute atomic E-state index is 12.1. The Morgan fingerprint density at radius 2 is 1.86 bits per heavy atom. The van der Waals surface area contributed by atoms with Crippen molar-refractivity contribution in [3.8, 4) is 0 Å². The van der Waals surface area contributed by atoms with Crippen LogP contribution in [0.5, 0.6) is 0 Å². The van der Waals surface area contributed by atoms with Crippen LogP contribution in [0.4, 0.5) is 4.79 Å². The van der Waals surface area contributed by atoms with Crippen molar-refractivity contribution in [1.82, 2.24) is 4.90 Å². The largest absolute Gasteiger partial charge is 0.511 e. The van der Waals surface area contributed by atoms with Gasteiger partial charge in [0.05, 0.1) is 5.41 Å². The molecule has 0 radical (unpaired) electrons. The summed E-state index contributed by atoms with van der Waals surface area (Å²) in [6.45, 7) is 6.82. The summed E-state index contributed by atoms with van der Waals surface area (Å²) in [4.78, 5) is 13.9. The van der Waals surface area contributed by atoms with Gasteiger partial charge in [-0.3, -0.25) is 0 Å². The van der Waals surface area contributed by atoms with E-state index in [1.807, 2.05) is 45.0 Å². The van der Waals surface area contributed by atoms with Crippen LogP contribution in [0.1, 0.15) is 33.6 Å². The molecular formula is C18H23NO3. The predicted molar refractivity (Wildman–Crippen MR) is 85.7 cm³/mol. The highest BCUT2D eigenvalue weighted by Crippen LogP contribution is 2.41. The minimum atomic E-state index is -0.476. The Kier molecular flexibility index (Phi) is 3.42. The molecule has 118 valence electrons. The fraction of sp³-hybridized carbons (Fsp3) is 0.500. The van der Waals surface area contributed by atoms with E-state index >= 15 is 0 Å². The maximum Gasteiger partial charge on any atom is 0.410 e. The fourth-order valence-electron chi connectivity index (χ4n) is 3.27. The topological polar surface area (TPSA) is 49.8 Å². The van der Waals surface area contributed by atoms with Crippen molar-refractivity contribution in [3.63, 3.8) is 0 Å². The lowest BCUT2D eigenvalue weighted by Crippen LogP contribution is -2.44. The SMILES string of the molecule is CC(C)(C)OC(=O)N1CCC2(C=c3ccccc3=C2O)CC1. The van der Waals surface area contributed by atoms with Crippen LogP contribution in [0, 0.1) is 5.41 Å². The summed E-state index contributed by atoms with van der Waals surface area (Å²) in [5.74, 6) is 0.451. The minimum Gasteiger partial charge on any atom is -0.511 e. The van der Waals surface area contributed by atoms with Crippen LogP contribution in [-0.2, 0) is 4.74 Å². The van der Waals surface area contributed by atoms with Crippen LogP contribution in [0.25, 0.3) is 11.8 Å². The lowest BCUT2D eigenvalue weighted by molar-refractivity contribution is 0.0171. The number of fused-ring (bicyclic) bond motifs is 1. The standard InChI is InChI=1S/C18H23NO3/c1-17(2,3)22-16(21)19-10-8-18(9-11-19)12-13-6-4-5-7-14(13)15(18)20/h4-7,12,20H,8-11H2,1-3H3. The molecule has 1 saturated heterocycles. The Morgan fingerprint density at radius 3 is 2.45 bits per heavy atom. The Labute approximate surface area is 130 Å². The fourth-order valence-corrected chi connectivity index (χ4v) is 3.27. The Bertz CT molecular complexity index is 707. The highest BCUT2D eigenvalue weighted by molar-refractivity contribution is 5.69. The molecule has 1 N–H and O–H groups in total. The van der Waals surface area contributed by atoms with E-state index in [4.69, 9.17) is 4.74 Å². The number of likely N-dealkylation sites (tertiary alicyclic amines) is 1. The number of carbonyl (C=O) groups excluding carboxylic acids is 1. The van der Waals surface area contributed by atoms with E-state index in [9.17, 15) is 9.90 Å². The van der Waals surface area contributed by atoms with E-state index < -0.39 is 5.60 Å². The summed E-state index contributed by atoms with van der Waals surface area (Å²) >= 11 is 0. The van der Waals surface area contributed by atoms with Crippen LogP contribution >= 0.6 is 0 Å². The van der Waals surface area contributed by atoms with Crippen LogP contribution < -0.4 is 10.4 Å². The van der Waals surface area contributed by atoms with Crippen molar-refractivity contribution in [1.29, 1.82) is 0 Å². The number of benzene rings is 1. The molecular weight excluding hydrogens is 278 g/mol. The molecule has 1 aliphatic heterocycles. The molecule has 1 heterocycles. The normalized spacial score (nSPS) is 19.8. The average Bonchev–Trinajstić information content (AvgIpc) is 2.71. The van der Waals surface area contributed by atoms with Crippen molar-refractivity contribution >= 4 is 17.9 Å². The number of hydrogen-bond donors (Lipinski definition) is 1. The summed E-state index contributed by atoms with van der Waals surface area (Å²) in [6.07, 6.45) is 3.35. The summed E-state index contributed by atoms with van der Waals surface area (Å²) in [6, 6.07) is 7.91. The molecule has 2 aliphatic rings. The van der Waals surface area contributed by atoms with Crippen LogP contribution in [0.3, 0.4) is 0 Å². The van der Waals surface area contributed by atoms with Crippen molar-refractivity contribution in [2.24, 2.45) is 5.41 Å². The van der Waals surface area contributed by atoms with Gasteiger partial charge in [0.25, 0.3) is 0 Å². The van der Waals surface area contributed by atoms with Gasteiger partial charge in [0.15, 0.2) is 0 Å². The van der Waals surface area contributed by atoms with Gasteiger partial charge >= 0.3 is 6.09 Å². The molecule has 1 aromatic carbocycles. The van der Waals surface area contributed by atoms with Gasteiger partial charge in [-0.1, -0.05) is 30.3 Å². The number of hydrogen-bond acceptors (Lipinski definition) is 3. The third-order valence-electron chi connectivity index (χ3n) is 4.43. The van der Waals surface area contributed by atoms with Crippen LogP contribution in [0.15, 0.2) is 24.3 Å². The molecule has 1 aromatic rings. The van der Waals surface area contributed by atoms with Gasteiger partial charge < -0.3 is 14.7 Å². The van der Waals surface area contributed by atoms with Crippen molar-refractivity contribution < 1.29 is 14.6 Å². The molecule has 22 heavy (non-hydrogen) atoms. The third-order valence-corrected chi connectivity index (χ3v) is 4.43. The number of carbonyl (C=O) groups is 1. The van der Waals surface area contributed by atoms with Crippen molar-refractivity contribution in [2.45, 2.75) is 39.2 Å². The second-order valence-corrected chi connectivity index (χ2v) is 7.20. The van der Waals surface area contributed by atoms with Gasteiger partial charge in [0, 0.05) is 18.3 Å². The average molecular weight is 301 g/mol. The zero-order chi connectivity index (χ0) is 16.0. The van der Waals surface area contributed by atoms with E-state index in [1.54, 1.807) is 4.90 Å². The summed E-state index contributed by atoms with van der Waals surface area (Å²) in [5, 5.41) is 12.6. The van der Waals surface area contributed by atoms with Gasteiger partial charge in [-0.25, -0.2) is 4.79 Å². The molecule has 1 amide bonds. The summed E-state index contributed by atoms with van der Waals surface area (Å²) in [5.41, 5.74) is -0.793. The van der Waals surface area contributed by atoms with E-state index in [0.29, 0.717) is 18.8 Å². The second kappa shape index (κ2) is 5.04. The van der Waals surface area contributed by atoms with Crippen LogP contribution in [0.2, 0.25) is 0 Å². The Balaban J connectivity index is 1.76. The molecule has 0 bridgehead atoms. The van der Waals surface area contributed by atoms with Gasteiger partial charge in [-0.15, -0.1) is 0 Å². The smallest absolute Gasteiger partial charge is 0.410 e. The van der Waals surface area contributed by atoms with E-state index in [-0.39, 0.29) is 11.5 Å². The zero-order valence-corrected chi connectivity index (χ0v) is 13.4. The second-order valence-electron chi connectivity index (χ2n) is 7.20. The number of nitrogens with zero attached hydrogens (tertiary/aromatic N) is 1. The van der Waals surface area contributed by atoms with E-state index in [1.165, 1.54) is 0 Å². The molecule has 4 nitrogen and oxygen atoms in total. The van der Waals surface area contributed by atoms with Gasteiger partial charge in [0.2, 0.25) is 0 Å². The first kappa shape index (κ1) is 14.9. The molecule has 0 saturated carbocycles. The number of aliphatic hydroxyl groups is 1. The maximum atomic E-state index is 12.1. The minimum absolute atomic E-state index is 0.266. The molecule has 4 heteroatoms. The molecule has 1 aliphatic carbocycles. The predicted octanol–water partition coefficient (Wildman–Crippen LogP) is 2.16. The van der Waals surface area contributed by atoms with Gasteiger partial charge in [-0.2, -0.15) is 0 Å².